The molecular weight excluding hydrogens is 833 g/mol. The zero-order chi connectivity index (χ0) is 46.2. The van der Waals surface area contributed by atoms with E-state index in [1.165, 1.54) is 12.1 Å². The smallest absolute Gasteiger partial charge is 0.169 e. The largest absolute Gasteiger partial charge is 0.508 e. The van der Waals surface area contributed by atoms with Crippen molar-refractivity contribution >= 4 is 0 Å². The Kier molecular flexibility index (Phi) is 13.5. The molecule has 0 fully saturated rings. The third-order valence-corrected chi connectivity index (χ3v) is 11.6. The van der Waals surface area contributed by atoms with E-state index in [9.17, 15) is 40.9 Å². The van der Waals surface area contributed by atoms with Gasteiger partial charge >= 0.3 is 0 Å². The molecule has 0 aromatic heterocycles. The van der Waals surface area contributed by atoms with Gasteiger partial charge in [0.2, 0.25) is 0 Å². The zero-order valence-electron chi connectivity index (χ0n) is 36.1. The van der Waals surface area contributed by atoms with Crippen molar-refractivity contribution < 1.29 is 50.3 Å². The van der Waals surface area contributed by atoms with Crippen molar-refractivity contribution in [3.8, 4) is 80.1 Å². The lowest BCUT2D eigenvalue weighted by Gasteiger charge is -2.14. The fourth-order valence-electron chi connectivity index (χ4n) is 7.92. The van der Waals surface area contributed by atoms with Crippen molar-refractivity contribution in [3.05, 3.63) is 202 Å². The van der Waals surface area contributed by atoms with Gasteiger partial charge in [0.05, 0.1) is 0 Å². The van der Waals surface area contributed by atoms with E-state index in [-0.39, 0.29) is 57.5 Å². The van der Waals surface area contributed by atoms with Crippen molar-refractivity contribution in [2.75, 3.05) is 0 Å². The van der Waals surface area contributed by atoms with Crippen LogP contribution in [-0.2, 0) is 51.4 Å². The molecule has 10 heteroatoms. The van der Waals surface area contributed by atoms with E-state index >= 15 is 0 Å². The summed E-state index contributed by atoms with van der Waals surface area (Å²) in [6, 6.07) is 46.0. The van der Waals surface area contributed by atoms with Gasteiger partial charge in [-0.1, -0.05) is 60.7 Å². The predicted octanol–water partition coefficient (Wildman–Crippen LogP) is 11.7. The molecular formula is C56H50O10. The van der Waals surface area contributed by atoms with Crippen LogP contribution >= 0.6 is 0 Å². The average molecular weight is 883 g/mol. The maximum Gasteiger partial charge on any atom is 0.169 e. The van der Waals surface area contributed by atoms with E-state index in [4.69, 9.17) is 9.47 Å². The van der Waals surface area contributed by atoms with Crippen molar-refractivity contribution in [2.45, 2.75) is 51.4 Å². The van der Waals surface area contributed by atoms with Crippen LogP contribution in [0.3, 0.4) is 0 Å². The number of hydrogen-bond acceptors (Lipinski definition) is 10. The Balaban J connectivity index is 0.899. The van der Waals surface area contributed by atoms with Gasteiger partial charge in [0.15, 0.2) is 46.0 Å². The first-order valence-electron chi connectivity index (χ1n) is 21.8. The molecule has 334 valence electrons. The predicted molar refractivity (Wildman–Crippen MR) is 254 cm³/mol. The normalized spacial score (nSPS) is 11.1. The number of ether oxygens (including phenoxy) is 2. The van der Waals surface area contributed by atoms with Crippen LogP contribution in [0.15, 0.2) is 158 Å². The van der Waals surface area contributed by atoms with Crippen molar-refractivity contribution in [3.63, 3.8) is 0 Å². The number of aromatic hydroxyl groups is 8. The topological polar surface area (TPSA) is 180 Å². The van der Waals surface area contributed by atoms with Gasteiger partial charge in [-0.25, -0.2) is 0 Å². The summed E-state index contributed by atoms with van der Waals surface area (Å²) in [5.41, 5.74) is 7.85. The van der Waals surface area contributed by atoms with E-state index in [0.717, 1.165) is 59.1 Å². The second-order valence-corrected chi connectivity index (χ2v) is 16.4. The standard InChI is InChI=1S/C56H50O10/c57-45-5-1-3-37(27-45)9-7-35-13-21-47(22-14-35)65-53-29-39(17-25-49(53)59)11-19-41-31-43(33-51(61)55(41)63)44-32-42(56(64)52(62)34-44)20-12-40-18-26-50(60)54(30-40)66-48-23-15-36(16-24-48)8-10-38-4-2-6-46(58)28-38/h1-6,13-18,21-34,57-64H,7-12,19-20H2. The minimum atomic E-state index is -0.337. The van der Waals surface area contributed by atoms with Crippen LogP contribution in [0.25, 0.3) is 11.1 Å². The fourth-order valence-corrected chi connectivity index (χ4v) is 7.92. The average Bonchev–Trinajstić information content (AvgIpc) is 3.31. The van der Waals surface area contributed by atoms with Crippen molar-refractivity contribution in [1.29, 1.82) is 0 Å². The number of rotatable bonds is 17. The highest BCUT2D eigenvalue weighted by Gasteiger charge is 2.17. The minimum Gasteiger partial charge on any atom is -0.508 e. The molecule has 8 aromatic rings. The molecule has 0 saturated heterocycles. The summed E-state index contributed by atoms with van der Waals surface area (Å²) in [4.78, 5) is 0. The number of benzene rings is 8. The quantitative estimate of drug-likeness (QED) is 0.0410. The summed E-state index contributed by atoms with van der Waals surface area (Å²) in [6.07, 6.45) is 4.61. The first-order chi connectivity index (χ1) is 31.9. The number of phenols is 8. The Morgan fingerprint density at radius 3 is 1.03 bits per heavy atom. The molecule has 0 radical (unpaired) electrons. The molecule has 0 unspecified atom stereocenters. The minimum absolute atomic E-state index is 0.0306. The molecule has 8 aromatic carbocycles. The maximum atomic E-state index is 10.9. The summed E-state index contributed by atoms with van der Waals surface area (Å²) in [5.74, 6) is 0.852. The molecule has 8 rings (SSSR count). The molecule has 0 bridgehead atoms. The molecule has 0 aliphatic rings. The molecule has 0 atom stereocenters. The van der Waals surface area contributed by atoms with E-state index in [2.05, 4.69) is 0 Å². The van der Waals surface area contributed by atoms with Gasteiger partial charge in [0.1, 0.15) is 23.0 Å². The molecule has 0 amide bonds. The molecule has 0 saturated carbocycles. The van der Waals surface area contributed by atoms with Crippen LogP contribution in [0.4, 0.5) is 0 Å². The summed E-state index contributed by atoms with van der Waals surface area (Å²) >= 11 is 0. The summed E-state index contributed by atoms with van der Waals surface area (Å²) in [5, 5.41) is 84.2. The summed E-state index contributed by atoms with van der Waals surface area (Å²) in [6.45, 7) is 0. The molecule has 0 spiro atoms. The van der Waals surface area contributed by atoms with E-state index < -0.39 is 0 Å². The fraction of sp³-hybridized carbons (Fsp3) is 0.143. The Morgan fingerprint density at radius 1 is 0.288 bits per heavy atom. The number of hydrogen-bond donors (Lipinski definition) is 8. The van der Waals surface area contributed by atoms with Crippen LogP contribution in [0.1, 0.15) is 44.5 Å². The molecule has 10 nitrogen and oxygen atoms in total. The van der Waals surface area contributed by atoms with Gasteiger partial charge in [-0.15, -0.1) is 0 Å². The van der Waals surface area contributed by atoms with Crippen LogP contribution in [-0.4, -0.2) is 40.9 Å². The molecule has 8 N–H and O–H groups in total. The lowest BCUT2D eigenvalue weighted by atomic mass is 9.94. The Morgan fingerprint density at radius 2 is 0.636 bits per heavy atom. The third kappa shape index (κ3) is 11.3. The van der Waals surface area contributed by atoms with Gasteiger partial charge in [0.25, 0.3) is 0 Å². The van der Waals surface area contributed by atoms with E-state index in [1.807, 2.05) is 72.8 Å². The van der Waals surface area contributed by atoms with E-state index in [1.54, 1.807) is 72.8 Å². The van der Waals surface area contributed by atoms with Gasteiger partial charge in [-0.3, -0.25) is 0 Å². The first-order valence-corrected chi connectivity index (χ1v) is 21.8. The molecule has 0 aliphatic heterocycles. The Hall–Kier alpha value is -8.24. The monoisotopic (exact) mass is 882 g/mol. The highest BCUT2D eigenvalue weighted by atomic mass is 16.5. The van der Waals surface area contributed by atoms with Gasteiger partial charge in [-0.2, -0.15) is 0 Å². The number of phenolic OH excluding ortho intramolecular Hbond substituents is 8. The van der Waals surface area contributed by atoms with Crippen molar-refractivity contribution in [1.82, 2.24) is 0 Å². The van der Waals surface area contributed by atoms with Crippen molar-refractivity contribution in [2.24, 2.45) is 0 Å². The SMILES string of the molecule is Oc1cccc(CCc2ccc(Oc3cc(CCc4cc(-c5cc(O)c(O)c(CCc6ccc(O)c(Oc7ccc(CCc8cccc(O)c8)cc7)c6)c5)cc(O)c4O)ccc3O)cc2)c1. The third-order valence-electron chi connectivity index (χ3n) is 11.6. The summed E-state index contributed by atoms with van der Waals surface area (Å²) in [7, 11) is 0. The highest BCUT2D eigenvalue weighted by Crippen LogP contribution is 2.41. The number of aryl methyl sites for hydroxylation is 8. The Bertz CT molecular complexity index is 2760. The lowest BCUT2D eigenvalue weighted by molar-refractivity contribution is 0.398. The van der Waals surface area contributed by atoms with Crippen LogP contribution in [0.2, 0.25) is 0 Å². The lowest BCUT2D eigenvalue weighted by Crippen LogP contribution is -1.96. The highest BCUT2D eigenvalue weighted by molar-refractivity contribution is 5.72. The summed E-state index contributed by atoms with van der Waals surface area (Å²) < 4.78 is 12.1. The van der Waals surface area contributed by atoms with Crippen LogP contribution in [0.5, 0.6) is 69.0 Å². The molecule has 0 aliphatic carbocycles. The van der Waals surface area contributed by atoms with Crippen LogP contribution in [0, 0.1) is 0 Å². The maximum absolute atomic E-state index is 10.9. The second-order valence-electron chi connectivity index (χ2n) is 16.4. The molecule has 0 heterocycles. The van der Waals surface area contributed by atoms with E-state index in [0.29, 0.717) is 59.4 Å². The van der Waals surface area contributed by atoms with Crippen LogP contribution < -0.4 is 9.47 Å². The second kappa shape index (κ2) is 20.1. The first kappa shape index (κ1) is 44.4. The molecule has 66 heavy (non-hydrogen) atoms. The zero-order valence-corrected chi connectivity index (χ0v) is 36.1. The van der Waals surface area contributed by atoms with Gasteiger partial charge in [-0.05, 0) is 204 Å². The van der Waals surface area contributed by atoms with Gasteiger partial charge in [0, 0.05) is 0 Å². The Labute approximate surface area is 382 Å². The van der Waals surface area contributed by atoms with Gasteiger partial charge < -0.3 is 50.3 Å².